The quantitative estimate of drug-likeness (QED) is 0.220. The predicted molar refractivity (Wildman–Crippen MR) is 143 cm³/mol. The number of hydrogen-bond donors (Lipinski definition) is 2. The van der Waals surface area contributed by atoms with Crippen molar-refractivity contribution in [1.29, 1.82) is 0 Å². The lowest BCUT2D eigenvalue weighted by molar-refractivity contribution is -0.117. The number of carbonyl (C=O) groups is 2. The number of nitrogens with one attached hydrogen (secondary N) is 2. The molecule has 0 aromatic heterocycles. The first-order valence-corrected chi connectivity index (χ1v) is 11.6. The molecule has 2 amide bonds. The van der Waals surface area contributed by atoms with Crippen LogP contribution < -0.4 is 15.6 Å². The fourth-order valence-electron chi connectivity index (χ4n) is 2.84. The standard InChI is InChI=1S/C25H21BrCl2N4O2/c1-32(2)21-10-6-16(7-11-21)12-23(30-24(33)17-4-3-5-19(26)13-17)25(34)31-29-15-18-8-9-20(27)14-22(18)28/h3-15H,1-2H3,(H,30,33)(H,31,34). The monoisotopic (exact) mass is 558 g/mol. The van der Waals surface area contributed by atoms with Gasteiger partial charge in [-0.05, 0) is 54.1 Å². The Morgan fingerprint density at radius 1 is 1.00 bits per heavy atom. The smallest absolute Gasteiger partial charge is 0.287 e. The molecule has 9 heteroatoms. The van der Waals surface area contributed by atoms with E-state index in [1.807, 2.05) is 49.3 Å². The van der Waals surface area contributed by atoms with Crippen LogP contribution in [0.3, 0.4) is 0 Å². The zero-order valence-electron chi connectivity index (χ0n) is 18.4. The summed E-state index contributed by atoms with van der Waals surface area (Å²) in [5.74, 6) is -1.03. The molecular formula is C25H21BrCl2N4O2. The summed E-state index contributed by atoms with van der Waals surface area (Å²) in [4.78, 5) is 27.7. The second kappa shape index (κ2) is 11.8. The third-order valence-electron chi connectivity index (χ3n) is 4.63. The highest BCUT2D eigenvalue weighted by Gasteiger charge is 2.15. The number of halogens is 3. The van der Waals surface area contributed by atoms with Gasteiger partial charge in [0.15, 0.2) is 0 Å². The Kier molecular flexibility index (Phi) is 8.87. The van der Waals surface area contributed by atoms with Gasteiger partial charge in [0.25, 0.3) is 11.8 Å². The van der Waals surface area contributed by atoms with E-state index in [1.165, 1.54) is 6.21 Å². The number of benzene rings is 3. The molecule has 3 aromatic rings. The first-order valence-electron chi connectivity index (χ1n) is 10.1. The predicted octanol–water partition coefficient (Wildman–Crippen LogP) is 5.74. The van der Waals surface area contributed by atoms with Gasteiger partial charge in [0.05, 0.1) is 11.2 Å². The second-order valence-corrected chi connectivity index (χ2v) is 9.13. The van der Waals surface area contributed by atoms with E-state index in [0.29, 0.717) is 21.2 Å². The fourth-order valence-corrected chi connectivity index (χ4v) is 3.70. The Balaban J connectivity index is 1.84. The largest absolute Gasteiger partial charge is 0.378 e. The lowest BCUT2D eigenvalue weighted by Gasteiger charge is -2.13. The minimum Gasteiger partial charge on any atom is -0.378 e. The van der Waals surface area contributed by atoms with E-state index >= 15 is 0 Å². The molecule has 0 radical (unpaired) electrons. The molecule has 0 saturated heterocycles. The number of anilines is 1. The van der Waals surface area contributed by atoms with Crippen molar-refractivity contribution in [2.75, 3.05) is 19.0 Å². The summed E-state index contributed by atoms with van der Waals surface area (Å²) in [6.07, 6.45) is 2.98. The normalized spacial score (nSPS) is 11.4. The van der Waals surface area contributed by atoms with Crippen LogP contribution in [0.2, 0.25) is 10.0 Å². The van der Waals surface area contributed by atoms with Crippen molar-refractivity contribution < 1.29 is 9.59 Å². The number of amides is 2. The van der Waals surface area contributed by atoms with Crippen molar-refractivity contribution in [2.45, 2.75) is 0 Å². The summed E-state index contributed by atoms with van der Waals surface area (Å²) >= 11 is 15.4. The van der Waals surface area contributed by atoms with Crippen molar-refractivity contribution in [2.24, 2.45) is 5.10 Å². The summed E-state index contributed by atoms with van der Waals surface area (Å²) in [7, 11) is 3.87. The molecule has 0 fully saturated rings. The summed E-state index contributed by atoms with van der Waals surface area (Å²) in [5, 5.41) is 7.53. The van der Waals surface area contributed by atoms with Crippen LogP contribution in [0.15, 0.2) is 82.0 Å². The van der Waals surface area contributed by atoms with Gasteiger partial charge < -0.3 is 10.2 Å². The molecule has 0 aliphatic heterocycles. The van der Waals surface area contributed by atoms with E-state index in [0.717, 1.165) is 15.7 Å². The lowest BCUT2D eigenvalue weighted by Crippen LogP contribution is -2.32. The maximum Gasteiger partial charge on any atom is 0.287 e. The minimum atomic E-state index is -0.596. The summed E-state index contributed by atoms with van der Waals surface area (Å²) in [5.41, 5.74) is 5.17. The molecule has 0 aliphatic rings. The molecular weight excluding hydrogens is 539 g/mol. The van der Waals surface area contributed by atoms with Crippen molar-refractivity contribution in [1.82, 2.24) is 10.7 Å². The molecule has 3 aromatic carbocycles. The fraction of sp³-hybridized carbons (Fsp3) is 0.0800. The van der Waals surface area contributed by atoms with Crippen LogP contribution in [0, 0.1) is 0 Å². The Labute approximate surface area is 216 Å². The summed E-state index contributed by atoms with van der Waals surface area (Å²) in [6, 6.07) is 19.3. The first-order chi connectivity index (χ1) is 16.2. The molecule has 0 spiro atoms. The first kappa shape index (κ1) is 25.5. The van der Waals surface area contributed by atoms with Crippen LogP contribution in [-0.4, -0.2) is 32.1 Å². The van der Waals surface area contributed by atoms with E-state index in [2.05, 4.69) is 31.8 Å². The zero-order chi connectivity index (χ0) is 24.7. The van der Waals surface area contributed by atoms with Crippen molar-refractivity contribution in [3.05, 3.63) is 104 Å². The van der Waals surface area contributed by atoms with E-state index in [1.54, 1.807) is 42.5 Å². The number of hydrazone groups is 1. The highest BCUT2D eigenvalue weighted by molar-refractivity contribution is 9.10. The SMILES string of the molecule is CN(C)c1ccc(C=C(NC(=O)c2cccc(Br)c2)C(=O)NN=Cc2ccc(Cl)cc2Cl)cc1. The van der Waals surface area contributed by atoms with Gasteiger partial charge in [-0.15, -0.1) is 0 Å². The molecule has 6 nitrogen and oxygen atoms in total. The van der Waals surface area contributed by atoms with Crippen molar-refractivity contribution in [3.8, 4) is 0 Å². The van der Waals surface area contributed by atoms with Gasteiger partial charge in [0.2, 0.25) is 0 Å². The van der Waals surface area contributed by atoms with Gasteiger partial charge >= 0.3 is 0 Å². The summed E-state index contributed by atoms with van der Waals surface area (Å²) in [6.45, 7) is 0. The lowest BCUT2D eigenvalue weighted by atomic mass is 10.1. The van der Waals surface area contributed by atoms with Gasteiger partial charge in [-0.25, -0.2) is 5.43 Å². The second-order valence-electron chi connectivity index (χ2n) is 7.37. The molecule has 0 atom stereocenters. The zero-order valence-corrected chi connectivity index (χ0v) is 21.4. The van der Waals surface area contributed by atoms with Crippen LogP contribution in [-0.2, 0) is 4.79 Å². The van der Waals surface area contributed by atoms with Crippen molar-refractivity contribution >= 4 is 68.9 Å². The molecule has 0 aliphatic carbocycles. The molecule has 0 unspecified atom stereocenters. The Morgan fingerprint density at radius 2 is 1.74 bits per heavy atom. The third-order valence-corrected chi connectivity index (χ3v) is 5.69. The number of carbonyl (C=O) groups excluding carboxylic acids is 2. The summed E-state index contributed by atoms with van der Waals surface area (Å²) < 4.78 is 0.749. The molecule has 0 saturated carbocycles. The molecule has 0 heterocycles. The molecule has 2 N–H and O–H groups in total. The average molecular weight is 560 g/mol. The minimum absolute atomic E-state index is 0.0296. The van der Waals surface area contributed by atoms with Gasteiger partial charge in [0.1, 0.15) is 5.70 Å². The number of nitrogens with zero attached hydrogens (tertiary/aromatic N) is 2. The highest BCUT2D eigenvalue weighted by Crippen LogP contribution is 2.19. The van der Waals surface area contributed by atoms with E-state index in [4.69, 9.17) is 23.2 Å². The van der Waals surface area contributed by atoms with Crippen LogP contribution >= 0.6 is 39.1 Å². The van der Waals surface area contributed by atoms with E-state index < -0.39 is 11.8 Å². The van der Waals surface area contributed by atoms with Gasteiger partial charge in [-0.3, -0.25) is 9.59 Å². The topological polar surface area (TPSA) is 73.8 Å². The van der Waals surface area contributed by atoms with Gasteiger partial charge in [0, 0.05) is 40.4 Å². The van der Waals surface area contributed by atoms with Gasteiger partial charge in [-0.2, -0.15) is 5.10 Å². The maximum absolute atomic E-state index is 12.9. The maximum atomic E-state index is 12.9. The Bertz CT molecular complexity index is 1260. The Morgan fingerprint density at radius 3 is 2.38 bits per heavy atom. The number of rotatable bonds is 7. The molecule has 174 valence electrons. The van der Waals surface area contributed by atoms with Crippen LogP contribution in [0.4, 0.5) is 5.69 Å². The molecule has 0 bridgehead atoms. The third kappa shape index (κ3) is 7.18. The Hall–Kier alpha value is -3.13. The van der Waals surface area contributed by atoms with E-state index in [9.17, 15) is 9.59 Å². The highest BCUT2D eigenvalue weighted by atomic mass is 79.9. The van der Waals surface area contributed by atoms with Crippen LogP contribution in [0.5, 0.6) is 0 Å². The van der Waals surface area contributed by atoms with E-state index in [-0.39, 0.29) is 5.70 Å². The molecule has 3 rings (SSSR count). The average Bonchev–Trinajstić information content (AvgIpc) is 2.80. The van der Waals surface area contributed by atoms with Crippen LogP contribution in [0.25, 0.3) is 6.08 Å². The number of hydrogen-bond acceptors (Lipinski definition) is 4. The molecule has 34 heavy (non-hydrogen) atoms. The van der Waals surface area contributed by atoms with Crippen molar-refractivity contribution in [3.63, 3.8) is 0 Å². The van der Waals surface area contributed by atoms with Gasteiger partial charge in [-0.1, -0.05) is 63.4 Å². The van der Waals surface area contributed by atoms with Crippen LogP contribution in [0.1, 0.15) is 21.5 Å².